The van der Waals surface area contributed by atoms with Crippen LogP contribution in [0.3, 0.4) is 0 Å². The van der Waals surface area contributed by atoms with Crippen molar-refractivity contribution in [2.75, 3.05) is 14.7 Å². The number of para-hydroxylation sites is 8. The van der Waals surface area contributed by atoms with Gasteiger partial charge in [0.05, 0.1) is 50.7 Å². The highest BCUT2D eigenvalue weighted by atomic mass is 19.2. The minimum Gasteiger partial charge on any atom is -0.458 e. The molecular weight excluding hydrogens is 1500 g/mol. The Bertz CT molecular complexity index is 7630. The summed E-state index contributed by atoms with van der Waals surface area (Å²) in [6.07, 6.45) is 0. The van der Waals surface area contributed by atoms with Crippen molar-refractivity contribution in [1.82, 2.24) is 13.7 Å². The molecule has 6 aliphatic heterocycles. The van der Waals surface area contributed by atoms with Crippen LogP contribution in [-0.4, -0.2) is 33.8 Å². The van der Waals surface area contributed by atoms with Gasteiger partial charge in [-0.2, -0.15) is 0 Å². The molecule has 9 heterocycles. The van der Waals surface area contributed by atoms with Gasteiger partial charge in [-0.05, 0) is 175 Å². The molecule has 9 nitrogen and oxygen atoms in total. The molecule has 0 unspecified atom stereocenters. The van der Waals surface area contributed by atoms with Crippen LogP contribution in [0.2, 0.25) is 0 Å². The lowest BCUT2D eigenvalue weighted by atomic mass is 9.29. The fraction of sp³-hybridized carbons (Fsp3) is 0. The molecule has 0 spiro atoms. The molecule has 25 rings (SSSR count). The predicted molar refractivity (Wildman–Crippen MR) is 471 cm³/mol. The van der Waals surface area contributed by atoms with Crippen LogP contribution < -0.4 is 78.1 Å². The van der Waals surface area contributed by atoms with E-state index in [1.54, 1.807) is 14.7 Å². The fourth-order valence-corrected chi connectivity index (χ4v) is 20.1. The van der Waals surface area contributed by atoms with Crippen LogP contribution in [0.25, 0.3) is 83.5 Å². The molecule has 16 aromatic carbocycles. The Morgan fingerprint density at radius 3 is 0.858 bits per heavy atom. The Morgan fingerprint density at radius 1 is 0.208 bits per heavy atom. The highest BCUT2D eigenvalue weighted by molar-refractivity contribution is 7.03. The standard InChI is InChI=1S/C102H57B3F6N6O3/c106-73-34-20-35-74(107)100(73)115-85-56-86-70(54-69(85)103-67-32-13-18-43-91(67)118-94-51-64(48-88(115)97(94)103)112-79-40-15-10-29-61(79)45-82(112)58-23-4-1-5-24-58)105-72-55-71-87(57-93(72)120-96-53-66(50-90(99(96)105)116(86)101-75(108)36-21-37-76(101)109)114-81-42-17-12-31-63(81)47-84(114)60-27-8-3-9-28-60)117(102-77(110)38-22-39-78(102)111)89-49-65(52-95-98(89)104(71)68-33-14-19-44-92(68)119-95)113-80-41-16-11-30-62(80)46-83(113)59-25-6-2-7-26-59/h1-57H. The van der Waals surface area contributed by atoms with E-state index in [-0.39, 0.29) is 11.4 Å². The molecule has 3 aromatic heterocycles. The van der Waals surface area contributed by atoms with Crippen molar-refractivity contribution in [2.24, 2.45) is 0 Å². The summed E-state index contributed by atoms with van der Waals surface area (Å²) in [5, 5.41) is 2.82. The zero-order chi connectivity index (χ0) is 79.6. The number of halogens is 6. The Hall–Kier alpha value is -15.3. The van der Waals surface area contributed by atoms with Crippen molar-refractivity contribution in [2.45, 2.75) is 0 Å². The fourth-order valence-electron chi connectivity index (χ4n) is 20.1. The molecule has 0 saturated heterocycles. The third kappa shape index (κ3) is 9.78. The second-order valence-corrected chi connectivity index (χ2v) is 31.3. The first kappa shape index (κ1) is 68.0. The zero-order valence-electron chi connectivity index (χ0n) is 63.3. The second kappa shape index (κ2) is 25.6. The van der Waals surface area contributed by atoms with E-state index in [2.05, 4.69) is 68.3 Å². The topological polar surface area (TPSA) is 52.2 Å². The van der Waals surface area contributed by atoms with Crippen LogP contribution in [0, 0.1) is 34.9 Å². The van der Waals surface area contributed by atoms with E-state index in [0.717, 1.165) is 77.4 Å². The van der Waals surface area contributed by atoms with Gasteiger partial charge < -0.3 is 42.6 Å². The molecule has 0 atom stereocenters. The molecule has 19 aromatic rings. The molecule has 18 heteroatoms. The molecule has 0 amide bonds. The average molecular weight is 1560 g/mol. The smallest absolute Gasteiger partial charge is 0.256 e. The van der Waals surface area contributed by atoms with Crippen LogP contribution >= 0.6 is 0 Å². The molecule has 120 heavy (non-hydrogen) atoms. The SMILES string of the molecule is Fc1cccc(F)c1N1c2cc3c(cc2B2c4ccccc4Oc4cc(-n5c(-c6ccccc6)cc6ccccc65)cc1c42)B1c2cc4c(cc2N(c2c(F)cccc2F)c2cc(-n5c(-c6ccccc6)cc6ccccc65)cc(c21)O3)N(c1c(F)cccc1F)c1cc(-n2c(-c3ccccc3)cc3ccccc32)cc2c1B4c1ccccc1O2. The van der Waals surface area contributed by atoms with E-state index in [4.69, 9.17) is 14.2 Å². The van der Waals surface area contributed by atoms with E-state index in [1.165, 1.54) is 54.6 Å². The number of aromatic nitrogens is 3. The van der Waals surface area contributed by atoms with E-state index in [1.807, 2.05) is 237 Å². The Labute approximate surface area is 684 Å². The normalized spacial score (nSPS) is 13.3. The number of hydrogen-bond donors (Lipinski definition) is 0. The van der Waals surface area contributed by atoms with E-state index in [9.17, 15) is 0 Å². The van der Waals surface area contributed by atoms with Crippen molar-refractivity contribution in [3.8, 4) is 85.3 Å². The molecule has 0 N–H and O–H groups in total. The summed E-state index contributed by atoms with van der Waals surface area (Å²) in [4.78, 5) is 4.89. The van der Waals surface area contributed by atoms with Crippen LogP contribution in [-0.2, 0) is 0 Å². The van der Waals surface area contributed by atoms with Crippen molar-refractivity contribution in [3.05, 3.63) is 381 Å². The molecule has 0 bridgehead atoms. The lowest BCUT2D eigenvalue weighted by Crippen LogP contribution is -2.65. The van der Waals surface area contributed by atoms with Crippen molar-refractivity contribution >= 4 is 153 Å². The Kier molecular flexibility index (Phi) is 14.5. The summed E-state index contributed by atoms with van der Waals surface area (Å²) in [6, 6.07) is 107. The number of nitrogens with zero attached hydrogens (tertiary/aromatic N) is 6. The lowest BCUT2D eigenvalue weighted by molar-refractivity contribution is 0.486. The lowest BCUT2D eigenvalue weighted by Gasteiger charge is -2.45. The summed E-state index contributed by atoms with van der Waals surface area (Å²) >= 11 is 0. The van der Waals surface area contributed by atoms with Crippen LogP contribution in [0.15, 0.2) is 346 Å². The minimum atomic E-state index is -0.940. The third-order valence-corrected chi connectivity index (χ3v) is 24.9. The van der Waals surface area contributed by atoms with Gasteiger partial charge in [-0.15, -0.1) is 0 Å². The largest absolute Gasteiger partial charge is 0.458 e. The first-order valence-electron chi connectivity index (χ1n) is 39.8. The third-order valence-electron chi connectivity index (χ3n) is 24.9. The molecule has 0 aliphatic carbocycles. The number of hydrogen-bond acceptors (Lipinski definition) is 6. The molecular formula is C102H57B3F6N6O3. The molecule has 6 aliphatic rings. The number of fused-ring (bicyclic) bond motifs is 15. The Balaban J connectivity index is 0.802. The summed E-state index contributed by atoms with van der Waals surface area (Å²) in [5.41, 5.74) is 16.1. The monoisotopic (exact) mass is 1560 g/mol. The van der Waals surface area contributed by atoms with Crippen molar-refractivity contribution in [3.63, 3.8) is 0 Å². The highest BCUT2D eigenvalue weighted by Gasteiger charge is 2.52. The first-order chi connectivity index (χ1) is 59.0. The van der Waals surface area contributed by atoms with Gasteiger partial charge in [0, 0.05) is 74.5 Å². The van der Waals surface area contributed by atoms with Crippen LogP contribution in [0.5, 0.6) is 34.5 Å². The van der Waals surface area contributed by atoms with Gasteiger partial charge in [-0.1, -0.05) is 212 Å². The summed E-state index contributed by atoms with van der Waals surface area (Å²) in [5.74, 6) is -2.66. The van der Waals surface area contributed by atoms with Crippen molar-refractivity contribution in [1.29, 1.82) is 0 Å². The maximum atomic E-state index is 18.3. The summed E-state index contributed by atoms with van der Waals surface area (Å²) in [7, 11) is 0. The Morgan fingerprint density at radius 2 is 0.500 bits per heavy atom. The maximum Gasteiger partial charge on any atom is 0.256 e. The molecule has 0 fully saturated rings. The van der Waals surface area contributed by atoms with Gasteiger partial charge in [-0.3, -0.25) is 0 Å². The van der Waals surface area contributed by atoms with Gasteiger partial charge >= 0.3 is 0 Å². The zero-order valence-corrected chi connectivity index (χ0v) is 63.3. The average Bonchev–Trinajstić information content (AvgIpc) is 0.751. The summed E-state index contributed by atoms with van der Waals surface area (Å²) < 4.78 is 137. The van der Waals surface area contributed by atoms with Crippen molar-refractivity contribution < 1.29 is 40.6 Å². The van der Waals surface area contributed by atoms with Gasteiger partial charge in [0.2, 0.25) is 0 Å². The van der Waals surface area contributed by atoms with Crippen LogP contribution in [0.4, 0.5) is 77.5 Å². The summed E-state index contributed by atoms with van der Waals surface area (Å²) in [6.45, 7) is -2.37. The molecule has 0 radical (unpaired) electrons. The van der Waals surface area contributed by atoms with Gasteiger partial charge in [0.25, 0.3) is 20.1 Å². The maximum absolute atomic E-state index is 18.3. The van der Waals surface area contributed by atoms with Gasteiger partial charge in [-0.25, -0.2) is 26.3 Å². The second-order valence-electron chi connectivity index (χ2n) is 31.3. The quantitative estimate of drug-likeness (QED) is 0.106. The molecule has 564 valence electrons. The van der Waals surface area contributed by atoms with E-state index >= 15 is 26.3 Å². The number of anilines is 9. The van der Waals surface area contributed by atoms with Gasteiger partial charge in [0.1, 0.15) is 86.5 Å². The number of rotatable bonds is 9. The van der Waals surface area contributed by atoms with E-state index in [0.29, 0.717) is 118 Å². The first-order valence-corrected chi connectivity index (χ1v) is 39.8. The van der Waals surface area contributed by atoms with Gasteiger partial charge in [0.15, 0.2) is 0 Å². The predicted octanol–water partition coefficient (Wildman–Crippen LogP) is 20.6. The highest BCUT2D eigenvalue weighted by Crippen LogP contribution is 2.53. The number of ether oxygens (including phenoxy) is 3. The van der Waals surface area contributed by atoms with Crippen LogP contribution in [0.1, 0.15) is 0 Å². The van der Waals surface area contributed by atoms with E-state index < -0.39 is 66.4 Å². The number of benzene rings is 16. The minimum absolute atomic E-state index is 0.258. The molecule has 0 saturated carbocycles.